The molecule has 2 nitrogen and oxygen atoms in total. The Kier molecular flexibility index (Phi) is 8.82. The summed E-state index contributed by atoms with van der Waals surface area (Å²) in [6.07, 6.45) is 9.59. The van der Waals surface area contributed by atoms with Crippen molar-refractivity contribution in [1.29, 1.82) is 0 Å². The molecule has 2 atom stereocenters. The molecule has 0 bridgehead atoms. The van der Waals surface area contributed by atoms with E-state index in [0.717, 1.165) is 24.8 Å². The summed E-state index contributed by atoms with van der Waals surface area (Å²) in [6, 6.07) is 7.45. The molecule has 1 aliphatic heterocycles. The normalized spacial score (nSPS) is 18.9. The molecule has 0 N–H and O–H groups in total. The summed E-state index contributed by atoms with van der Waals surface area (Å²) < 4.78 is 54.6. The molecule has 0 saturated carbocycles. The van der Waals surface area contributed by atoms with Gasteiger partial charge in [0.1, 0.15) is 5.82 Å². The average Bonchev–Trinajstić information content (AvgIpc) is 2.78. The van der Waals surface area contributed by atoms with Crippen LogP contribution in [0.4, 0.5) is 13.2 Å². The molecule has 0 spiro atoms. The van der Waals surface area contributed by atoms with Gasteiger partial charge in [-0.3, -0.25) is 0 Å². The third-order valence-electron chi connectivity index (χ3n) is 6.10. The minimum absolute atomic E-state index is 0.0462. The van der Waals surface area contributed by atoms with Crippen molar-refractivity contribution in [3.63, 3.8) is 0 Å². The van der Waals surface area contributed by atoms with Gasteiger partial charge in [-0.1, -0.05) is 51.2 Å². The summed E-state index contributed by atoms with van der Waals surface area (Å²) >= 11 is 0. The zero-order valence-corrected chi connectivity index (χ0v) is 18.6. The van der Waals surface area contributed by atoms with Gasteiger partial charge in [0, 0.05) is 17.0 Å². The number of rotatable bonds is 10. The Hall–Kier alpha value is -2.01. The van der Waals surface area contributed by atoms with Gasteiger partial charge in [0.05, 0.1) is 19.3 Å². The Morgan fingerprint density at radius 3 is 2.35 bits per heavy atom. The molecule has 2 aromatic rings. The standard InChI is InChI=1S/C26H33F3O2/c1-3-5-6-7-8-9-20-12-10-19(17-31-20)18-11-13-21(23(27)16-18)22-14-15-24(30-4-2)26(29)25(22)28/h11,13-16,19-20H,3-10,12,17H2,1-2H3. The Morgan fingerprint density at radius 2 is 1.68 bits per heavy atom. The second-order valence-corrected chi connectivity index (χ2v) is 8.34. The third kappa shape index (κ3) is 6.03. The molecule has 2 unspecified atom stereocenters. The van der Waals surface area contributed by atoms with E-state index in [1.165, 1.54) is 56.4 Å². The van der Waals surface area contributed by atoms with Crippen LogP contribution >= 0.6 is 0 Å². The molecular formula is C26H33F3O2. The summed E-state index contributed by atoms with van der Waals surface area (Å²) in [6.45, 7) is 4.70. The summed E-state index contributed by atoms with van der Waals surface area (Å²) in [7, 11) is 0. The lowest BCUT2D eigenvalue weighted by Gasteiger charge is -2.29. The Morgan fingerprint density at radius 1 is 0.903 bits per heavy atom. The quantitative estimate of drug-likeness (QED) is 0.355. The second kappa shape index (κ2) is 11.6. The smallest absolute Gasteiger partial charge is 0.201 e. The number of unbranched alkanes of at least 4 members (excludes halogenated alkanes) is 4. The first-order valence-corrected chi connectivity index (χ1v) is 11.6. The maximum absolute atomic E-state index is 14.8. The van der Waals surface area contributed by atoms with E-state index < -0.39 is 17.5 Å². The molecule has 3 rings (SSSR count). The molecule has 170 valence electrons. The molecule has 0 amide bonds. The first-order valence-electron chi connectivity index (χ1n) is 11.6. The van der Waals surface area contributed by atoms with Crippen molar-refractivity contribution in [1.82, 2.24) is 0 Å². The van der Waals surface area contributed by atoms with Crippen LogP contribution < -0.4 is 4.74 Å². The van der Waals surface area contributed by atoms with E-state index in [1.807, 2.05) is 0 Å². The van der Waals surface area contributed by atoms with Crippen LogP contribution in [-0.4, -0.2) is 19.3 Å². The van der Waals surface area contributed by atoms with E-state index in [-0.39, 0.29) is 29.4 Å². The minimum Gasteiger partial charge on any atom is -0.491 e. The number of benzene rings is 2. The Bertz CT molecular complexity index is 845. The summed E-state index contributed by atoms with van der Waals surface area (Å²) in [5.41, 5.74) is 0.785. The fourth-order valence-electron chi connectivity index (χ4n) is 4.28. The van der Waals surface area contributed by atoms with Crippen molar-refractivity contribution in [2.24, 2.45) is 0 Å². The highest BCUT2D eigenvalue weighted by atomic mass is 19.2. The van der Waals surface area contributed by atoms with Crippen molar-refractivity contribution in [2.75, 3.05) is 13.2 Å². The van der Waals surface area contributed by atoms with Crippen molar-refractivity contribution in [3.05, 3.63) is 53.3 Å². The lowest BCUT2D eigenvalue weighted by atomic mass is 9.89. The number of ether oxygens (including phenoxy) is 2. The molecule has 1 aliphatic rings. The van der Waals surface area contributed by atoms with Crippen LogP contribution in [0.3, 0.4) is 0 Å². The SMILES string of the molecule is CCCCCCCC1CCC(c2ccc(-c3ccc(OCC)c(F)c3F)c(F)c2)CO1. The maximum atomic E-state index is 14.8. The van der Waals surface area contributed by atoms with Gasteiger partial charge in [0.2, 0.25) is 5.82 Å². The fourth-order valence-corrected chi connectivity index (χ4v) is 4.28. The highest BCUT2D eigenvalue weighted by Crippen LogP contribution is 2.35. The van der Waals surface area contributed by atoms with Crippen molar-refractivity contribution in [3.8, 4) is 16.9 Å². The van der Waals surface area contributed by atoms with Crippen LogP contribution in [0, 0.1) is 17.5 Å². The van der Waals surface area contributed by atoms with Gasteiger partial charge in [-0.15, -0.1) is 0 Å². The minimum atomic E-state index is -1.10. The van der Waals surface area contributed by atoms with Gasteiger partial charge in [0.15, 0.2) is 11.6 Å². The van der Waals surface area contributed by atoms with Gasteiger partial charge in [-0.2, -0.15) is 4.39 Å². The zero-order valence-electron chi connectivity index (χ0n) is 18.6. The van der Waals surface area contributed by atoms with E-state index in [1.54, 1.807) is 13.0 Å². The first kappa shape index (κ1) is 23.6. The topological polar surface area (TPSA) is 18.5 Å². The number of hydrogen-bond acceptors (Lipinski definition) is 2. The van der Waals surface area contributed by atoms with Crippen LogP contribution in [0.25, 0.3) is 11.1 Å². The van der Waals surface area contributed by atoms with Crippen molar-refractivity contribution < 1.29 is 22.6 Å². The van der Waals surface area contributed by atoms with E-state index in [9.17, 15) is 13.2 Å². The van der Waals surface area contributed by atoms with E-state index in [4.69, 9.17) is 9.47 Å². The first-order chi connectivity index (χ1) is 15.0. The lowest BCUT2D eigenvalue weighted by Crippen LogP contribution is -2.24. The molecular weight excluding hydrogens is 401 g/mol. The van der Waals surface area contributed by atoms with Gasteiger partial charge >= 0.3 is 0 Å². The fraction of sp³-hybridized carbons (Fsp3) is 0.538. The van der Waals surface area contributed by atoms with Gasteiger partial charge in [-0.05, 0) is 49.9 Å². The van der Waals surface area contributed by atoms with Crippen LogP contribution in [0.5, 0.6) is 5.75 Å². The maximum Gasteiger partial charge on any atom is 0.201 e. The summed E-state index contributed by atoms with van der Waals surface area (Å²) in [5, 5.41) is 0. The van der Waals surface area contributed by atoms with Crippen LogP contribution in [-0.2, 0) is 4.74 Å². The average molecular weight is 435 g/mol. The summed E-state index contributed by atoms with van der Waals surface area (Å²) in [4.78, 5) is 0. The van der Waals surface area contributed by atoms with Gasteiger partial charge < -0.3 is 9.47 Å². The number of halogens is 3. The van der Waals surface area contributed by atoms with Crippen molar-refractivity contribution in [2.45, 2.75) is 77.2 Å². The molecule has 1 saturated heterocycles. The molecule has 0 aromatic heterocycles. The largest absolute Gasteiger partial charge is 0.491 e. The monoisotopic (exact) mass is 434 g/mol. The van der Waals surface area contributed by atoms with Crippen LogP contribution in [0.1, 0.15) is 76.7 Å². The second-order valence-electron chi connectivity index (χ2n) is 8.34. The molecule has 1 fully saturated rings. The molecule has 31 heavy (non-hydrogen) atoms. The molecule has 0 radical (unpaired) electrons. The molecule has 1 heterocycles. The van der Waals surface area contributed by atoms with Gasteiger partial charge in [-0.25, -0.2) is 8.78 Å². The van der Waals surface area contributed by atoms with E-state index in [2.05, 4.69) is 6.92 Å². The third-order valence-corrected chi connectivity index (χ3v) is 6.10. The lowest BCUT2D eigenvalue weighted by molar-refractivity contribution is -0.00217. The molecule has 0 aliphatic carbocycles. The van der Waals surface area contributed by atoms with Gasteiger partial charge in [0.25, 0.3) is 0 Å². The number of hydrogen-bond donors (Lipinski definition) is 0. The highest BCUT2D eigenvalue weighted by molar-refractivity contribution is 5.66. The molecule has 5 heteroatoms. The zero-order chi connectivity index (χ0) is 22.2. The van der Waals surface area contributed by atoms with E-state index in [0.29, 0.717) is 12.7 Å². The predicted octanol–water partition coefficient (Wildman–Crippen LogP) is 7.79. The van der Waals surface area contributed by atoms with Crippen LogP contribution in [0.2, 0.25) is 0 Å². The Balaban J connectivity index is 1.61. The molecule has 2 aromatic carbocycles. The summed E-state index contributed by atoms with van der Waals surface area (Å²) in [5.74, 6) is -2.79. The highest BCUT2D eigenvalue weighted by Gasteiger charge is 2.24. The van der Waals surface area contributed by atoms with E-state index >= 15 is 0 Å². The van der Waals surface area contributed by atoms with Crippen LogP contribution in [0.15, 0.2) is 30.3 Å². The Labute approximate surface area is 183 Å². The predicted molar refractivity (Wildman–Crippen MR) is 118 cm³/mol. The van der Waals surface area contributed by atoms with Crippen molar-refractivity contribution >= 4 is 0 Å².